The van der Waals surface area contributed by atoms with Gasteiger partial charge in [-0.2, -0.15) is 9.57 Å². The summed E-state index contributed by atoms with van der Waals surface area (Å²) in [6.45, 7) is 5.40. The number of anilines is 1. The van der Waals surface area contributed by atoms with E-state index in [1.807, 2.05) is 66.7 Å². The first kappa shape index (κ1) is 50.7. The molecule has 2 amide bonds. The maximum Gasteiger partial charge on any atom is 0.413 e. The summed E-state index contributed by atoms with van der Waals surface area (Å²) < 4.78 is 60.9. The number of thiazole rings is 1. The Labute approximate surface area is 435 Å². The molecule has 0 saturated heterocycles. The van der Waals surface area contributed by atoms with Crippen LogP contribution in [0.1, 0.15) is 60.3 Å². The molecule has 0 aliphatic carbocycles. The molecule has 19 heteroatoms. The number of benzene rings is 6. The standard InChI is InChI=1S/C54H47Cl2N5O10S2/c1-54(2,3)71-53(64)60-52-59-43-20-18-40(26-49(43)72-52)73(65,66)61-28-38-25-47-46(69-30-48(70-47)36-14-16-39(17-15-36)68-29-33-9-19-41(55)42(56)21-33)24-37(38)23-45(61)50(62)58-44(51(63)67-4)22-31-5-10-34(11-6-31)35-12-7-32(27-57)8-13-35/h5-21,24-26,44-45,48H,22-23,28-30H2,1-4H3,(H,58,62)(H,59,60,64)/t44-,45-,48?/m0/s1. The molecule has 374 valence electrons. The van der Waals surface area contributed by atoms with Crippen molar-refractivity contribution < 1.29 is 46.5 Å². The molecule has 0 fully saturated rings. The van der Waals surface area contributed by atoms with E-state index in [0.29, 0.717) is 59.8 Å². The van der Waals surface area contributed by atoms with Gasteiger partial charge in [-0.25, -0.2) is 23.0 Å². The number of aromatic nitrogens is 1. The Hall–Kier alpha value is -7.20. The van der Waals surface area contributed by atoms with E-state index in [1.54, 1.807) is 57.2 Å². The molecule has 73 heavy (non-hydrogen) atoms. The zero-order valence-electron chi connectivity index (χ0n) is 39.8. The quantitative estimate of drug-likeness (QED) is 0.104. The van der Waals surface area contributed by atoms with Gasteiger partial charge < -0.3 is 29.0 Å². The first-order valence-corrected chi connectivity index (χ1v) is 26.0. The lowest BCUT2D eigenvalue weighted by atomic mass is 9.93. The van der Waals surface area contributed by atoms with Gasteiger partial charge >= 0.3 is 12.1 Å². The Morgan fingerprint density at radius 1 is 0.877 bits per heavy atom. The molecule has 1 unspecified atom stereocenters. The van der Waals surface area contributed by atoms with E-state index in [0.717, 1.165) is 37.9 Å². The maximum atomic E-state index is 15.0. The predicted octanol–water partition coefficient (Wildman–Crippen LogP) is 10.6. The number of amides is 2. The van der Waals surface area contributed by atoms with Gasteiger partial charge in [0.2, 0.25) is 15.9 Å². The number of halogens is 2. The molecule has 7 aromatic rings. The predicted molar refractivity (Wildman–Crippen MR) is 276 cm³/mol. The third-order valence-corrected chi connectivity index (χ3v) is 15.6. The zero-order chi connectivity index (χ0) is 51.6. The first-order valence-electron chi connectivity index (χ1n) is 22.9. The molecule has 0 radical (unpaired) electrons. The molecule has 2 aliphatic rings. The van der Waals surface area contributed by atoms with Crippen LogP contribution in [0, 0.1) is 11.3 Å². The van der Waals surface area contributed by atoms with Gasteiger partial charge in [-0.15, -0.1) is 0 Å². The highest BCUT2D eigenvalue weighted by Crippen LogP contribution is 2.42. The number of hydrogen-bond acceptors (Lipinski definition) is 13. The van der Waals surface area contributed by atoms with E-state index in [2.05, 4.69) is 21.7 Å². The molecular weight excluding hydrogens is 1010 g/mol. The molecule has 0 bridgehead atoms. The number of esters is 1. The summed E-state index contributed by atoms with van der Waals surface area (Å²) in [6.07, 6.45) is -1.27. The molecule has 15 nitrogen and oxygen atoms in total. The van der Waals surface area contributed by atoms with Crippen LogP contribution < -0.4 is 24.8 Å². The van der Waals surface area contributed by atoms with Crippen LogP contribution in [-0.2, 0) is 55.1 Å². The number of rotatable bonds is 13. The molecule has 0 spiro atoms. The molecule has 3 heterocycles. The summed E-state index contributed by atoms with van der Waals surface area (Å²) in [5, 5.41) is 15.7. The molecule has 9 rings (SSSR count). The Kier molecular flexibility index (Phi) is 14.7. The number of ether oxygens (including phenoxy) is 5. The van der Waals surface area contributed by atoms with Gasteiger partial charge in [-0.05, 0) is 133 Å². The van der Waals surface area contributed by atoms with Crippen molar-refractivity contribution in [1.82, 2.24) is 14.6 Å². The number of carbonyl (C=O) groups is 3. The van der Waals surface area contributed by atoms with Gasteiger partial charge in [0.25, 0.3) is 0 Å². The average Bonchev–Trinajstić information content (AvgIpc) is 3.78. The van der Waals surface area contributed by atoms with E-state index >= 15 is 8.42 Å². The lowest BCUT2D eigenvalue weighted by molar-refractivity contribution is -0.145. The minimum absolute atomic E-state index is 0.0398. The Bertz CT molecular complexity index is 3400. The lowest BCUT2D eigenvalue weighted by Gasteiger charge is -2.37. The van der Waals surface area contributed by atoms with E-state index in [4.69, 9.17) is 46.9 Å². The fourth-order valence-electron chi connectivity index (χ4n) is 8.40. The van der Waals surface area contributed by atoms with Gasteiger partial charge in [0.15, 0.2) is 22.7 Å². The maximum absolute atomic E-state index is 15.0. The van der Waals surface area contributed by atoms with Crippen molar-refractivity contribution >= 4 is 77.9 Å². The number of nitrogens with zero attached hydrogens (tertiary/aromatic N) is 3. The number of carbonyl (C=O) groups excluding carboxylic acids is 3. The SMILES string of the molecule is COC(=O)[C@H](Cc1ccc(-c2ccc(C#N)cc2)cc1)NC(=O)[C@@H]1Cc2cc3c(cc2CN1S(=O)(=O)c1ccc2nc(NC(=O)OC(C)(C)C)sc2c1)OC(c1ccc(OCc2ccc(Cl)c(Cl)c2)cc1)CO3. The number of nitrogens with one attached hydrogen (secondary N) is 2. The van der Waals surface area contributed by atoms with Crippen LogP contribution in [0.15, 0.2) is 126 Å². The van der Waals surface area contributed by atoms with Crippen LogP contribution in [0.2, 0.25) is 10.0 Å². The summed E-state index contributed by atoms with van der Waals surface area (Å²) in [5.41, 5.74) is 5.59. The first-order chi connectivity index (χ1) is 34.9. The number of sulfonamides is 1. The summed E-state index contributed by atoms with van der Waals surface area (Å²) in [4.78, 5) is 45.0. The second kappa shape index (κ2) is 21.1. The molecule has 0 saturated carbocycles. The number of hydrogen-bond donors (Lipinski definition) is 2. The highest BCUT2D eigenvalue weighted by Gasteiger charge is 2.42. The molecule has 2 N–H and O–H groups in total. The van der Waals surface area contributed by atoms with Crippen molar-refractivity contribution in [1.29, 1.82) is 5.26 Å². The van der Waals surface area contributed by atoms with Crippen LogP contribution in [-0.4, -0.2) is 67.1 Å². The van der Waals surface area contributed by atoms with Crippen LogP contribution in [0.4, 0.5) is 9.93 Å². The Morgan fingerprint density at radius 2 is 1.58 bits per heavy atom. The number of methoxy groups -OCH3 is 1. The summed E-state index contributed by atoms with van der Waals surface area (Å²) >= 11 is 13.3. The second-order valence-electron chi connectivity index (χ2n) is 18.3. The monoisotopic (exact) mass is 1060 g/mol. The van der Waals surface area contributed by atoms with E-state index in [9.17, 15) is 19.6 Å². The van der Waals surface area contributed by atoms with E-state index in [1.165, 1.54) is 25.3 Å². The van der Waals surface area contributed by atoms with Crippen LogP contribution in [0.5, 0.6) is 17.2 Å². The highest BCUT2D eigenvalue weighted by atomic mass is 35.5. The number of nitriles is 1. The molecule has 6 aromatic carbocycles. The molecular formula is C54H47Cl2N5O10S2. The second-order valence-corrected chi connectivity index (χ2v) is 22.0. The fourth-order valence-corrected chi connectivity index (χ4v) is 11.3. The zero-order valence-corrected chi connectivity index (χ0v) is 43.0. The molecule has 1 aromatic heterocycles. The minimum atomic E-state index is -4.48. The van der Waals surface area contributed by atoms with Gasteiger partial charge in [0, 0.05) is 13.0 Å². The largest absolute Gasteiger partial charge is 0.489 e. The third-order valence-electron chi connectivity index (χ3n) is 12.1. The van der Waals surface area contributed by atoms with Gasteiger partial charge in [-0.3, -0.25) is 10.1 Å². The topological polar surface area (TPSA) is 195 Å². The lowest BCUT2D eigenvalue weighted by Crippen LogP contribution is -2.56. The van der Waals surface area contributed by atoms with Crippen molar-refractivity contribution in [2.75, 3.05) is 19.0 Å². The minimum Gasteiger partial charge on any atom is -0.489 e. The average molecular weight is 1060 g/mol. The van der Waals surface area contributed by atoms with E-state index in [-0.39, 0.29) is 42.6 Å². The van der Waals surface area contributed by atoms with Crippen molar-refractivity contribution in [3.63, 3.8) is 0 Å². The van der Waals surface area contributed by atoms with E-state index < -0.39 is 51.8 Å². The van der Waals surface area contributed by atoms with Crippen molar-refractivity contribution in [2.24, 2.45) is 0 Å². The van der Waals surface area contributed by atoms with Crippen LogP contribution >= 0.6 is 34.5 Å². The van der Waals surface area contributed by atoms with Gasteiger partial charge in [0.1, 0.15) is 36.6 Å². The van der Waals surface area contributed by atoms with Gasteiger partial charge in [0.05, 0.1) is 43.9 Å². The fraction of sp³-hybridized carbons (Fsp3) is 0.241. The van der Waals surface area contributed by atoms with Crippen molar-refractivity contribution in [3.05, 3.63) is 165 Å². The Balaban J connectivity index is 0.978. The van der Waals surface area contributed by atoms with Crippen molar-refractivity contribution in [2.45, 2.75) is 75.4 Å². The van der Waals surface area contributed by atoms with Crippen molar-refractivity contribution in [3.8, 4) is 34.4 Å². The van der Waals surface area contributed by atoms with Gasteiger partial charge in [-0.1, -0.05) is 89.1 Å². The summed E-state index contributed by atoms with van der Waals surface area (Å²) in [6, 6.07) is 34.7. The third kappa shape index (κ3) is 11.7. The molecule has 3 atom stereocenters. The highest BCUT2D eigenvalue weighted by molar-refractivity contribution is 7.89. The van der Waals surface area contributed by atoms with Crippen LogP contribution in [0.25, 0.3) is 21.3 Å². The van der Waals surface area contributed by atoms with Crippen LogP contribution in [0.3, 0.4) is 0 Å². The molecule has 2 aliphatic heterocycles. The Morgan fingerprint density at radius 3 is 2.26 bits per heavy atom. The number of fused-ring (bicyclic) bond motifs is 3. The summed E-state index contributed by atoms with van der Waals surface area (Å²) in [5.74, 6) is 0.000644. The smallest absolute Gasteiger partial charge is 0.413 e. The normalized spacial score (nSPS) is 15.8. The summed E-state index contributed by atoms with van der Waals surface area (Å²) in [7, 11) is -3.27.